The van der Waals surface area contributed by atoms with E-state index in [-0.39, 0.29) is 29.1 Å². The Labute approximate surface area is 144 Å². The number of nitrogens with zero attached hydrogens (tertiary/aromatic N) is 1. The first kappa shape index (κ1) is 15.4. The van der Waals surface area contributed by atoms with Crippen molar-refractivity contribution in [2.75, 3.05) is 5.32 Å². The number of hydrogen-bond acceptors (Lipinski definition) is 4. The molecular weight excluding hydrogens is 320 g/mol. The minimum atomic E-state index is -0.966. The lowest BCUT2D eigenvalue weighted by molar-refractivity contribution is -0.384. The number of anilines is 1. The van der Waals surface area contributed by atoms with E-state index < -0.39 is 10.9 Å². The number of carbonyl (C=O) groups is 1. The second-order valence-corrected chi connectivity index (χ2v) is 6.40. The fourth-order valence-corrected chi connectivity index (χ4v) is 3.93. The van der Waals surface area contributed by atoms with Crippen LogP contribution in [0.4, 0.5) is 11.4 Å². The normalized spacial score (nSPS) is 23.4. The Balaban J connectivity index is 1.78. The van der Waals surface area contributed by atoms with E-state index in [2.05, 4.69) is 17.5 Å². The van der Waals surface area contributed by atoms with Crippen LogP contribution in [-0.2, 0) is 0 Å². The van der Waals surface area contributed by atoms with Crippen LogP contribution in [0.1, 0.15) is 39.9 Å². The first-order chi connectivity index (χ1) is 12.1. The molecule has 2 N–H and O–H groups in total. The molecule has 0 saturated carbocycles. The van der Waals surface area contributed by atoms with Crippen molar-refractivity contribution in [3.8, 4) is 0 Å². The summed E-state index contributed by atoms with van der Waals surface area (Å²) in [6.45, 7) is 0. The number of non-ortho nitro benzene ring substituents is 1. The predicted molar refractivity (Wildman–Crippen MR) is 92.8 cm³/mol. The third-order valence-electron chi connectivity index (χ3n) is 5.09. The molecule has 0 unspecified atom stereocenters. The molecule has 6 heteroatoms. The summed E-state index contributed by atoms with van der Waals surface area (Å²) in [7, 11) is 0. The molecule has 6 nitrogen and oxygen atoms in total. The van der Waals surface area contributed by atoms with Crippen LogP contribution in [0.15, 0.2) is 54.6 Å². The summed E-state index contributed by atoms with van der Waals surface area (Å²) in [5.74, 6) is -0.555. The average Bonchev–Trinajstić information content (AvgIpc) is 3.10. The number of rotatable bonds is 3. The Hall–Kier alpha value is -3.15. The number of para-hydroxylation sites is 1. The molecule has 4 rings (SSSR count). The van der Waals surface area contributed by atoms with Gasteiger partial charge in [0.25, 0.3) is 5.69 Å². The lowest BCUT2D eigenvalue weighted by atomic mass is 9.76. The summed E-state index contributed by atoms with van der Waals surface area (Å²) in [5, 5.41) is 23.8. The molecule has 0 amide bonds. The smallest absolute Gasteiger partial charge is 0.337 e. The minimum absolute atomic E-state index is 0.0484. The molecule has 3 atom stereocenters. The third kappa shape index (κ3) is 2.46. The number of carboxylic acid groups (broad SMARTS) is 1. The van der Waals surface area contributed by atoms with E-state index in [1.54, 1.807) is 24.3 Å². The topological polar surface area (TPSA) is 92.5 Å². The molecule has 0 bridgehead atoms. The maximum absolute atomic E-state index is 11.6. The van der Waals surface area contributed by atoms with Crippen molar-refractivity contribution in [1.82, 2.24) is 0 Å². The van der Waals surface area contributed by atoms with E-state index in [4.69, 9.17) is 0 Å². The summed E-state index contributed by atoms with van der Waals surface area (Å²) < 4.78 is 0. The Morgan fingerprint density at radius 2 is 1.96 bits per heavy atom. The summed E-state index contributed by atoms with van der Waals surface area (Å²) >= 11 is 0. The zero-order valence-electron chi connectivity index (χ0n) is 13.3. The first-order valence-electron chi connectivity index (χ1n) is 8.10. The quantitative estimate of drug-likeness (QED) is 0.500. The number of aromatic carboxylic acids is 1. The molecule has 1 heterocycles. The Morgan fingerprint density at radius 1 is 1.20 bits per heavy atom. The summed E-state index contributed by atoms with van der Waals surface area (Å²) in [5.41, 5.74) is 2.87. The molecule has 1 aliphatic heterocycles. The van der Waals surface area contributed by atoms with Gasteiger partial charge in [0, 0.05) is 18.1 Å². The van der Waals surface area contributed by atoms with Crippen LogP contribution in [0.3, 0.4) is 0 Å². The number of nitro groups is 1. The van der Waals surface area contributed by atoms with Crippen molar-refractivity contribution in [3.05, 3.63) is 81.4 Å². The van der Waals surface area contributed by atoms with Gasteiger partial charge in [-0.2, -0.15) is 0 Å². The minimum Gasteiger partial charge on any atom is -0.478 e. The molecule has 0 aromatic heterocycles. The molecule has 25 heavy (non-hydrogen) atoms. The van der Waals surface area contributed by atoms with Gasteiger partial charge < -0.3 is 10.4 Å². The van der Waals surface area contributed by atoms with E-state index in [1.165, 1.54) is 12.1 Å². The van der Waals surface area contributed by atoms with Gasteiger partial charge in [-0.3, -0.25) is 10.1 Å². The molecule has 126 valence electrons. The molecule has 2 aliphatic rings. The van der Waals surface area contributed by atoms with Crippen molar-refractivity contribution in [1.29, 1.82) is 0 Å². The third-order valence-corrected chi connectivity index (χ3v) is 5.09. The van der Waals surface area contributed by atoms with Crippen molar-refractivity contribution < 1.29 is 14.8 Å². The van der Waals surface area contributed by atoms with Gasteiger partial charge in [-0.25, -0.2) is 4.79 Å². The second kappa shape index (κ2) is 5.73. The predicted octanol–water partition coefficient (Wildman–Crippen LogP) is 4.12. The Kier molecular flexibility index (Phi) is 3.53. The van der Waals surface area contributed by atoms with Crippen molar-refractivity contribution in [2.45, 2.75) is 18.4 Å². The standard InChI is InChI=1S/C19H16N2O4/c22-19(23)16-6-2-5-15-13-3-1-4-14(13)17(20-18(15)16)11-7-9-12(10-8-11)21(24)25/h1-3,5-10,13-14,17,20H,4H2,(H,22,23)/t13-,14+,17-/m1/s1. The van der Waals surface area contributed by atoms with Crippen LogP contribution in [-0.4, -0.2) is 16.0 Å². The highest BCUT2D eigenvalue weighted by Gasteiger charge is 2.39. The maximum Gasteiger partial charge on any atom is 0.337 e. The summed E-state index contributed by atoms with van der Waals surface area (Å²) in [6.07, 6.45) is 5.14. The van der Waals surface area contributed by atoms with E-state index in [1.807, 2.05) is 6.07 Å². The number of benzene rings is 2. The highest BCUT2D eigenvalue weighted by molar-refractivity contribution is 5.95. The number of carboxylic acids is 1. The molecule has 2 aromatic rings. The molecule has 2 aromatic carbocycles. The summed E-state index contributed by atoms with van der Waals surface area (Å²) in [4.78, 5) is 22.0. The van der Waals surface area contributed by atoms with Crippen LogP contribution < -0.4 is 5.32 Å². The molecule has 0 saturated heterocycles. The van der Waals surface area contributed by atoms with Gasteiger partial charge in [-0.05, 0) is 29.5 Å². The molecule has 0 radical (unpaired) electrons. The number of hydrogen-bond donors (Lipinski definition) is 2. The van der Waals surface area contributed by atoms with Gasteiger partial charge in [0.05, 0.1) is 22.2 Å². The van der Waals surface area contributed by atoms with Gasteiger partial charge in [-0.1, -0.05) is 36.4 Å². The number of nitro benzene ring substituents is 1. The summed E-state index contributed by atoms with van der Waals surface area (Å²) in [6, 6.07) is 11.7. The van der Waals surface area contributed by atoms with E-state index >= 15 is 0 Å². The lowest BCUT2D eigenvalue weighted by Gasteiger charge is -2.38. The largest absolute Gasteiger partial charge is 0.478 e. The molecule has 0 spiro atoms. The number of allylic oxidation sites excluding steroid dienone is 2. The monoisotopic (exact) mass is 336 g/mol. The second-order valence-electron chi connectivity index (χ2n) is 6.40. The fourth-order valence-electron chi connectivity index (χ4n) is 3.93. The van der Waals surface area contributed by atoms with Crippen molar-refractivity contribution in [3.63, 3.8) is 0 Å². The fraction of sp³-hybridized carbons (Fsp3) is 0.211. The van der Waals surface area contributed by atoms with E-state index in [9.17, 15) is 20.0 Å². The molecular formula is C19H16N2O4. The Morgan fingerprint density at radius 3 is 2.64 bits per heavy atom. The van der Waals surface area contributed by atoms with Crippen LogP contribution in [0.5, 0.6) is 0 Å². The zero-order valence-corrected chi connectivity index (χ0v) is 13.3. The number of fused-ring (bicyclic) bond motifs is 3. The highest BCUT2D eigenvalue weighted by Crippen LogP contribution is 2.50. The van der Waals surface area contributed by atoms with Crippen molar-refractivity contribution >= 4 is 17.3 Å². The average molecular weight is 336 g/mol. The van der Waals surface area contributed by atoms with Crippen LogP contribution in [0, 0.1) is 16.0 Å². The van der Waals surface area contributed by atoms with Crippen LogP contribution in [0.2, 0.25) is 0 Å². The van der Waals surface area contributed by atoms with Crippen molar-refractivity contribution in [2.24, 2.45) is 5.92 Å². The molecule has 1 aliphatic carbocycles. The van der Waals surface area contributed by atoms with Gasteiger partial charge in [0.2, 0.25) is 0 Å². The number of nitrogens with one attached hydrogen (secondary N) is 1. The lowest BCUT2D eigenvalue weighted by Crippen LogP contribution is -2.30. The van der Waals surface area contributed by atoms with Gasteiger partial charge in [0.1, 0.15) is 0 Å². The van der Waals surface area contributed by atoms with E-state index in [0.29, 0.717) is 5.69 Å². The van der Waals surface area contributed by atoms with Gasteiger partial charge in [0.15, 0.2) is 0 Å². The van der Waals surface area contributed by atoms with Crippen LogP contribution in [0.25, 0.3) is 0 Å². The van der Waals surface area contributed by atoms with E-state index in [0.717, 1.165) is 17.5 Å². The van der Waals surface area contributed by atoms with Gasteiger partial charge in [-0.15, -0.1) is 0 Å². The van der Waals surface area contributed by atoms with Crippen LogP contribution >= 0.6 is 0 Å². The Bertz CT molecular complexity index is 889. The first-order valence-corrected chi connectivity index (χ1v) is 8.10. The highest BCUT2D eigenvalue weighted by atomic mass is 16.6. The SMILES string of the molecule is O=C(O)c1cccc2c1N[C@H](c1ccc([N+](=O)[O-])cc1)[C@H]1CC=C[C@@H]21. The van der Waals surface area contributed by atoms with Gasteiger partial charge >= 0.3 is 5.97 Å². The zero-order chi connectivity index (χ0) is 17.6. The maximum atomic E-state index is 11.6. The molecule has 0 fully saturated rings.